The van der Waals surface area contributed by atoms with Crippen molar-refractivity contribution in [2.75, 3.05) is 25.0 Å². The van der Waals surface area contributed by atoms with Crippen molar-refractivity contribution in [2.24, 2.45) is 5.73 Å². The van der Waals surface area contributed by atoms with Crippen LogP contribution in [0.25, 0.3) is 0 Å². The van der Waals surface area contributed by atoms with Crippen LogP contribution < -0.4 is 11.1 Å². The van der Waals surface area contributed by atoms with Gasteiger partial charge in [-0.3, -0.25) is 14.5 Å². The van der Waals surface area contributed by atoms with Crippen LogP contribution in [0, 0.1) is 0 Å². The van der Waals surface area contributed by atoms with Gasteiger partial charge in [-0.25, -0.2) is 0 Å². The summed E-state index contributed by atoms with van der Waals surface area (Å²) in [5, 5.41) is 2.81. The van der Waals surface area contributed by atoms with Gasteiger partial charge in [-0.15, -0.1) is 0 Å². The number of rotatable bonds is 4. The highest BCUT2D eigenvalue weighted by molar-refractivity contribution is 6.04. The molecule has 0 saturated carbocycles. The van der Waals surface area contributed by atoms with Crippen molar-refractivity contribution in [2.45, 2.75) is 25.8 Å². The summed E-state index contributed by atoms with van der Waals surface area (Å²) in [5.41, 5.74) is 7.01. The van der Waals surface area contributed by atoms with Crippen molar-refractivity contribution in [3.63, 3.8) is 0 Å². The highest BCUT2D eigenvalue weighted by atomic mass is 16.2. The molecule has 0 radical (unpaired) electrons. The largest absolute Gasteiger partial charge is 0.327 e. The molecular weight excluding hydrogens is 254 g/mol. The Labute approximate surface area is 119 Å². The Morgan fingerprint density at radius 1 is 1.40 bits per heavy atom. The minimum Gasteiger partial charge on any atom is -0.327 e. The van der Waals surface area contributed by atoms with Crippen molar-refractivity contribution in [3.8, 4) is 0 Å². The number of anilines is 1. The summed E-state index contributed by atoms with van der Waals surface area (Å²) in [6.07, 6.45) is 2.05. The Morgan fingerprint density at radius 2 is 2.15 bits per heavy atom. The zero-order chi connectivity index (χ0) is 14.5. The number of nitrogens with zero attached hydrogens (tertiary/aromatic N) is 1. The minimum absolute atomic E-state index is 0.0547. The standard InChI is InChI=1S/C15H21N3O2/c1-11(19)13-6-2-3-7-14(13)17-15(20)10-18-8-4-5-12(16)9-18/h2-3,6-7,12H,4-5,8-10,16H2,1H3,(H,17,20)/t12-/m1/s1. The number of benzene rings is 1. The lowest BCUT2D eigenvalue weighted by atomic mass is 10.1. The Hall–Kier alpha value is -1.72. The molecule has 2 rings (SSSR count). The molecule has 0 unspecified atom stereocenters. The maximum Gasteiger partial charge on any atom is 0.238 e. The monoisotopic (exact) mass is 275 g/mol. The highest BCUT2D eigenvalue weighted by Gasteiger charge is 2.19. The van der Waals surface area contributed by atoms with Crippen LogP contribution in [-0.2, 0) is 4.79 Å². The first kappa shape index (κ1) is 14.7. The molecule has 1 aromatic carbocycles. The van der Waals surface area contributed by atoms with E-state index < -0.39 is 0 Å². The highest BCUT2D eigenvalue weighted by Crippen LogP contribution is 2.16. The van der Waals surface area contributed by atoms with Gasteiger partial charge in [-0.1, -0.05) is 12.1 Å². The second kappa shape index (κ2) is 6.63. The Morgan fingerprint density at radius 3 is 2.85 bits per heavy atom. The molecular formula is C15H21N3O2. The summed E-state index contributed by atoms with van der Waals surface area (Å²) in [6.45, 7) is 3.46. The van der Waals surface area contributed by atoms with Gasteiger partial charge in [0.05, 0.1) is 12.2 Å². The van der Waals surface area contributed by atoms with E-state index in [9.17, 15) is 9.59 Å². The van der Waals surface area contributed by atoms with Crippen LogP contribution in [0.15, 0.2) is 24.3 Å². The van der Waals surface area contributed by atoms with Gasteiger partial charge in [-0.05, 0) is 38.4 Å². The number of Topliss-reactive ketones (excluding diaryl/α,β-unsaturated/α-hetero) is 1. The quantitative estimate of drug-likeness (QED) is 0.811. The molecule has 1 saturated heterocycles. The average molecular weight is 275 g/mol. The molecule has 0 spiro atoms. The molecule has 5 nitrogen and oxygen atoms in total. The van der Waals surface area contributed by atoms with E-state index >= 15 is 0 Å². The number of carbonyl (C=O) groups is 2. The summed E-state index contributed by atoms with van der Waals surface area (Å²) >= 11 is 0. The normalized spacial score (nSPS) is 19.6. The summed E-state index contributed by atoms with van der Waals surface area (Å²) < 4.78 is 0. The van der Waals surface area contributed by atoms with Gasteiger partial charge in [0.25, 0.3) is 0 Å². The zero-order valence-electron chi connectivity index (χ0n) is 11.8. The molecule has 1 aliphatic rings. The van der Waals surface area contributed by atoms with Crippen molar-refractivity contribution in [3.05, 3.63) is 29.8 Å². The van der Waals surface area contributed by atoms with Gasteiger partial charge in [0, 0.05) is 18.2 Å². The number of nitrogens with one attached hydrogen (secondary N) is 1. The number of hydrogen-bond acceptors (Lipinski definition) is 4. The number of carbonyl (C=O) groups excluding carboxylic acids is 2. The molecule has 108 valence electrons. The number of para-hydroxylation sites is 1. The number of amides is 1. The fourth-order valence-corrected chi connectivity index (χ4v) is 2.53. The smallest absolute Gasteiger partial charge is 0.238 e. The molecule has 0 bridgehead atoms. The summed E-state index contributed by atoms with van der Waals surface area (Å²) in [7, 11) is 0. The van der Waals surface area contributed by atoms with Gasteiger partial charge < -0.3 is 11.1 Å². The number of ketones is 1. The number of hydrogen-bond donors (Lipinski definition) is 2. The SMILES string of the molecule is CC(=O)c1ccccc1NC(=O)CN1CCC[C@@H](N)C1. The van der Waals surface area contributed by atoms with Crippen LogP contribution >= 0.6 is 0 Å². The van der Waals surface area contributed by atoms with E-state index in [1.165, 1.54) is 6.92 Å². The molecule has 1 amide bonds. The van der Waals surface area contributed by atoms with E-state index in [0.29, 0.717) is 17.8 Å². The van der Waals surface area contributed by atoms with E-state index in [0.717, 1.165) is 25.9 Å². The van der Waals surface area contributed by atoms with Crippen LogP contribution in [0.2, 0.25) is 0 Å². The molecule has 1 atom stereocenters. The van der Waals surface area contributed by atoms with Crippen LogP contribution in [0.4, 0.5) is 5.69 Å². The van der Waals surface area contributed by atoms with E-state index in [2.05, 4.69) is 10.2 Å². The van der Waals surface area contributed by atoms with Gasteiger partial charge in [0.2, 0.25) is 5.91 Å². The molecule has 1 aliphatic heterocycles. The van der Waals surface area contributed by atoms with Gasteiger partial charge in [0.15, 0.2) is 5.78 Å². The van der Waals surface area contributed by atoms with Crippen molar-refractivity contribution in [1.82, 2.24) is 4.90 Å². The summed E-state index contributed by atoms with van der Waals surface area (Å²) in [6, 6.07) is 7.21. The van der Waals surface area contributed by atoms with Crippen LogP contribution in [0.3, 0.4) is 0 Å². The molecule has 5 heteroatoms. The fraction of sp³-hybridized carbons (Fsp3) is 0.467. The van der Waals surface area contributed by atoms with Crippen LogP contribution in [0.5, 0.6) is 0 Å². The maximum absolute atomic E-state index is 12.1. The van der Waals surface area contributed by atoms with Crippen molar-refractivity contribution in [1.29, 1.82) is 0 Å². The molecule has 0 aromatic heterocycles. The zero-order valence-corrected chi connectivity index (χ0v) is 11.8. The fourth-order valence-electron chi connectivity index (χ4n) is 2.53. The lowest BCUT2D eigenvalue weighted by molar-refractivity contribution is -0.117. The molecule has 1 heterocycles. The second-order valence-electron chi connectivity index (χ2n) is 5.29. The minimum atomic E-state index is -0.104. The van der Waals surface area contributed by atoms with E-state index in [4.69, 9.17) is 5.73 Å². The number of likely N-dealkylation sites (tertiary alicyclic amines) is 1. The maximum atomic E-state index is 12.1. The predicted octanol–water partition coefficient (Wildman–Crippen LogP) is 1.25. The average Bonchev–Trinajstić information content (AvgIpc) is 2.38. The first-order valence-corrected chi connectivity index (χ1v) is 6.94. The third-order valence-electron chi connectivity index (χ3n) is 3.49. The van der Waals surface area contributed by atoms with E-state index in [1.54, 1.807) is 24.3 Å². The Balaban J connectivity index is 1.96. The van der Waals surface area contributed by atoms with Gasteiger partial charge >= 0.3 is 0 Å². The molecule has 1 aromatic rings. The molecule has 3 N–H and O–H groups in total. The molecule has 0 aliphatic carbocycles. The van der Waals surface area contributed by atoms with Gasteiger partial charge in [0.1, 0.15) is 0 Å². The van der Waals surface area contributed by atoms with Crippen molar-refractivity contribution >= 4 is 17.4 Å². The Kier molecular flexibility index (Phi) is 4.87. The van der Waals surface area contributed by atoms with Crippen LogP contribution in [0.1, 0.15) is 30.1 Å². The predicted molar refractivity (Wildman–Crippen MR) is 78.7 cm³/mol. The van der Waals surface area contributed by atoms with Gasteiger partial charge in [-0.2, -0.15) is 0 Å². The van der Waals surface area contributed by atoms with Crippen molar-refractivity contribution < 1.29 is 9.59 Å². The number of nitrogens with two attached hydrogens (primary N) is 1. The third-order valence-corrected chi connectivity index (χ3v) is 3.49. The van der Waals surface area contributed by atoms with E-state index in [1.807, 2.05) is 0 Å². The number of piperidine rings is 1. The van der Waals surface area contributed by atoms with E-state index in [-0.39, 0.29) is 17.7 Å². The molecule has 1 fully saturated rings. The molecule has 20 heavy (non-hydrogen) atoms. The summed E-state index contributed by atoms with van der Waals surface area (Å²) in [4.78, 5) is 25.6. The first-order valence-electron chi connectivity index (χ1n) is 6.94. The Bertz CT molecular complexity index is 502. The van der Waals surface area contributed by atoms with Crippen LogP contribution in [-0.4, -0.2) is 42.3 Å². The second-order valence-corrected chi connectivity index (χ2v) is 5.29. The topological polar surface area (TPSA) is 75.4 Å². The summed E-state index contributed by atoms with van der Waals surface area (Å²) in [5.74, 6) is -0.159. The first-order chi connectivity index (χ1) is 9.56. The third kappa shape index (κ3) is 3.88. The lowest BCUT2D eigenvalue weighted by Crippen LogP contribution is -2.45. The lowest BCUT2D eigenvalue weighted by Gasteiger charge is -2.30.